The third-order valence-electron chi connectivity index (χ3n) is 2.71. The van der Waals surface area contributed by atoms with Gasteiger partial charge in [-0.1, -0.05) is 13.8 Å². The van der Waals surface area contributed by atoms with E-state index < -0.39 is 11.6 Å². The minimum atomic E-state index is -0.666. The molecule has 0 saturated heterocycles. The van der Waals surface area contributed by atoms with E-state index >= 15 is 0 Å². The van der Waals surface area contributed by atoms with Crippen LogP contribution in [0.1, 0.15) is 25.6 Å². The SMILES string of the molecule is CNc1cc(Nc2ccc(F)cc2F)nc(C(C)C)n1. The zero-order chi connectivity index (χ0) is 14.7. The van der Waals surface area contributed by atoms with Gasteiger partial charge in [0.15, 0.2) is 0 Å². The highest BCUT2D eigenvalue weighted by atomic mass is 19.1. The van der Waals surface area contributed by atoms with Crippen molar-refractivity contribution in [2.75, 3.05) is 17.7 Å². The molecule has 0 aliphatic heterocycles. The van der Waals surface area contributed by atoms with Crippen LogP contribution in [-0.4, -0.2) is 17.0 Å². The molecule has 2 rings (SSSR count). The fraction of sp³-hybridized carbons (Fsp3) is 0.286. The fourth-order valence-electron chi connectivity index (χ4n) is 1.65. The van der Waals surface area contributed by atoms with Gasteiger partial charge in [-0.15, -0.1) is 0 Å². The second-order valence-corrected chi connectivity index (χ2v) is 4.65. The summed E-state index contributed by atoms with van der Waals surface area (Å²) in [5, 5.41) is 5.76. The van der Waals surface area contributed by atoms with Gasteiger partial charge < -0.3 is 10.6 Å². The molecule has 0 amide bonds. The van der Waals surface area contributed by atoms with Gasteiger partial charge in [-0.25, -0.2) is 18.7 Å². The van der Waals surface area contributed by atoms with Crippen molar-refractivity contribution in [2.24, 2.45) is 0 Å². The van der Waals surface area contributed by atoms with Gasteiger partial charge in [0, 0.05) is 25.1 Å². The average Bonchev–Trinajstić information content (AvgIpc) is 2.41. The van der Waals surface area contributed by atoms with Gasteiger partial charge in [-0.05, 0) is 12.1 Å². The predicted octanol–water partition coefficient (Wildman–Crippen LogP) is 3.66. The average molecular weight is 278 g/mol. The second-order valence-electron chi connectivity index (χ2n) is 4.65. The Morgan fingerprint density at radius 2 is 1.75 bits per heavy atom. The van der Waals surface area contributed by atoms with E-state index in [9.17, 15) is 8.78 Å². The van der Waals surface area contributed by atoms with E-state index in [1.165, 1.54) is 12.1 Å². The number of nitrogens with zero attached hydrogens (tertiary/aromatic N) is 2. The van der Waals surface area contributed by atoms with Crippen molar-refractivity contribution < 1.29 is 8.78 Å². The number of nitrogens with one attached hydrogen (secondary N) is 2. The van der Waals surface area contributed by atoms with E-state index in [1.807, 2.05) is 13.8 Å². The summed E-state index contributed by atoms with van der Waals surface area (Å²) in [5.74, 6) is 0.589. The number of benzene rings is 1. The largest absolute Gasteiger partial charge is 0.373 e. The van der Waals surface area contributed by atoms with E-state index in [4.69, 9.17) is 0 Å². The Balaban J connectivity index is 2.34. The molecule has 0 atom stereocenters. The van der Waals surface area contributed by atoms with Gasteiger partial charge in [-0.2, -0.15) is 0 Å². The van der Waals surface area contributed by atoms with Crippen LogP contribution in [0.15, 0.2) is 24.3 Å². The third-order valence-corrected chi connectivity index (χ3v) is 2.71. The standard InChI is InChI=1S/C14H16F2N4/c1-8(2)14-19-12(17-3)7-13(20-14)18-11-5-4-9(15)6-10(11)16/h4-8H,1-3H3,(H2,17,18,19,20). The molecular formula is C14H16F2N4. The van der Waals surface area contributed by atoms with Gasteiger partial charge in [0.2, 0.25) is 0 Å². The van der Waals surface area contributed by atoms with Crippen LogP contribution in [0, 0.1) is 11.6 Å². The number of aromatic nitrogens is 2. The highest BCUT2D eigenvalue weighted by Gasteiger charge is 2.10. The first-order valence-electron chi connectivity index (χ1n) is 6.28. The van der Waals surface area contributed by atoms with Crippen molar-refractivity contribution in [3.8, 4) is 0 Å². The molecular weight excluding hydrogens is 262 g/mol. The lowest BCUT2D eigenvalue weighted by molar-refractivity contribution is 0.586. The van der Waals surface area contributed by atoms with Crippen molar-refractivity contribution in [3.63, 3.8) is 0 Å². The minimum Gasteiger partial charge on any atom is -0.373 e. The van der Waals surface area contributed by atoms with Crippen molar-refractivity contribution in [2.45, 2.75) is 19.8 Å². The monoisotopic (exact) mass is 278 g/mol. The normalized spacial score (nSPS) is 10.7. The first-order valence-corrected chi connectivity index (χ1v) is 6.28. The van der Waals surface area contributed by atoms with Gasteiger partial charge >= 0.3 is 0 Å². The highest BCUT2D eigenvalue weighted by Crippen LogP contribution is 2.22. The Morgan fingerprint density at radius 1 is 1.05 bits per heavy atom. The van der Waals surface area contributed by atoms with Crippen LogP contribution in [0.2, 0.25) is 0 Å². The maximum atomic E-state index is 13.6. The van der Waals surface area contributed by atoms with Gasteiger partial charge in [0.25, 0.3) is 0 Å². The smallest absolute Gasteiger partial charge is 0.149 e. The number of halogens is 2. The third kappa shape index (κ3) is 3.20. The zero-order valence-corrected chi connectivity index (χ0v) is 11.5. The minimum absolute atomic E-state index is 0.141. The molecule has 0 unspecified atom stereocenters. The molecule has 106 valence electrons. The lowest BCUT2D eigenvalue weighted by atomic mass is 10.2. The lowest BCUT2D eigenvalue weighted by Gasteiger charge is -2.12. The quantitative estimate of drug-likeness (QED) is 0.896. The van der Waals surface area contributed by atoms with E-state index in [0.29, 0.717) is 17.5 Å². The summed E-state index contributed by atoms with van der Waals surface area (Å²) in [4.78, 5) is 8.63. The van der Waals surface area contributed by atoms with E-state index in [0.717, 1.165) is 6.07 Å². The van der Waals surface area contributed by atoms with E-state index in [-0.39, 0.29) is 11.6 Å². The molecule has 6 heteroatoms. The summed E-state index contributed by atoms with van der Waals surface area (Å²) in [6.45, 7) is 3.94. The van der Waals surface area contributed by atoms with Crippen LogP contribution < -0.4 is 10.6 Å². The van der Waals surface area contributed by atoms with E-state index in [2.05, 4.69) is 20.6 Å². The molecule has 0 spiro atoms. The van der Waals surface area contributed by atoms with Gasteiger partial charge in [0.05, 0.1) is 5.69 Å². The highest BCUT2D eigenvalue weighted by molar-refractivity contribution is 5.59. The second kappa shape index (κ2) is 5.81. The Morgan fingerprint density at radius 3 is 2.35 bits per heavy atom. The molecule has 2 aromatic rings. The van der Waals surface area contributed by atoms with Gasteiger partial charge in [-0.3, -0.25) is 0 Å². The molecule has 0 aliphatic rings. The van der Waals surface area contributed by atoms with Crippen LogP contribution in [0.5, 0.6) is 0 Å². The van der Waals surface area contributed by atoms with Crippen molar-refractivity contribution in [1.29, 1.82) is 0 Å². The summed E-state index contributed by atoms with van der Waals surface area (Å²) >= 11 is 0. The van der Waals surface area contributed by atoms with Crippen molar-refractivity contribution in [1.82, 2.24) is 9.97 Å². The molecule has 0 bridgehead atoms. The zero-order valence-electron chi connectivity index (χ0n) is 11.5. The topological polar surface area (TPSA) is 49.8 Å². The Kier molecular flexibility index (Phi) is 4.12. The number of hydrogen-bond donors (Lipinski definition) is 2. The first-order chi connectivity index (χ1) is 9.49. The maximum absolute atomic E-state index is 13.6. The molecule has 1 aromatic carbocycles. The molecule has 4 nitrogen and oxygen atoms in total. The summed E-state index contributed by atoms with van der Waals surface area (Å²) in [7, 11) is 1.74. The molecule has 2 N–H and O–H groups in total. The Bertz CT molecular complexity index is 614. The summed E-state index contributed by atoms with van der Waals surface area (Å²) in [6.07, 6.45) is 0. The first kappa shape index (κ1) is 14.2. The molecule has 1 aromatic heterocycles. The van der Waals surface area contributed by atoms with Crippen LogP contribution in [0.4, 0.5) is 26.1 Å². The molecule has 0 radical (unpaired) electrons. The molecule has 0 fully saturated rings. The summed E-state index contributed by atoms with van der Waals surface area (Å²) < 4.78 is 26.5. The van der Waals surface area contributed by atoms with Crippen LogP contribution >= 0.6 is 0 Å². The van der Waals surface area contributed by atoms with Crippen molar-refractivity contribution in [3.05, 3.63) is 41.7 Å². The molecule has 20 heavy (non-hydrogen) atoms. The number of anilines is 3. The van der Waals surface area contributed by atoms with Crippen molar-refractivity contribution >= 4 is 17.3 Å². The summed E-state index contributed by atoms with van der Waals surface area (Å²) in [5.41, 5.74) is 0.168. The molecule has 0 saturated carbocycles. The number of hydrogen-bond acceptors (Lipinski definition) is 4. The maximum Gasteiger partial charge on any atom is 0.149 e. The summed E-state index contributed by atoms with van der Waals surface area (Å²) in [6, 6.07) is 5.01. The predicted molar refractivity (Wildman–Crippen MR) is 75.3 cm³/mol. The Labute approximate surface area is 116 Å². The van der Waals surface area contributed by atoms with Crippen LogP contribution in [0.3, 0.4) is 0 Å². The fourth-order valence-corrected chi connectivity index (χ4v) is 1.65. The Hall–Kier alpha value is -2.24. The van der Waals surface area contributed by atoms with Crippen LogP contribution in [0.25, 0.3) is 0 Å². The van der Waals surface area contributed by atoms with Gasteiger partial charge in [0.1, 0.15) is 29.1 Å². The van der Waals surface area contributed by atoms with E-state index in [1.54, 1.807) is 13.1 Å². The number of rotatable bonds is 4. The van der Waals surface area contributed by atoms with Crippen LogP contribution in [-0.2, 0) is 0 Å². The lowest BCUT2D eigenvalue weighted by Crippen LogP contribution is -2.05. The molecule has 1 heterocycles. The molecule has 0 aliphatic carbocycles.